The molecule has 8 heteroatoms. The lowest BCUT2D eigenvalue weighted by atomic mass is 10.2. The third-order valence-electron chi connectivity index (χ3n) is 4.21. The SMILES string of the molecule is Cc1cccc(-c2cnn(CC(=O)Nc3ccnn3Cc3ccc(C)o3)c2)n1. The number of carbonyl (C=O) groups is 1. The van der Waals surface area contributed by atoms with Crippen LogP contribution >= 0.6 is 0 Å². The Kier molecular flexibility index (Phi) is 4.76. The number of carbonyl (C=O) groups excluding carboxylic acids is 1. The minimum atomic E-state index is -0.191. The molecule has 0 saturated heterocycles. The number of rotatable bonds is 6. The molecule has 0 radical (unpaired) electrons. The zero-order valence-corrected chi connectivity index (χ0v) is 15.7. The first-order valence-electron chi connectivity index (χ1n) is 8.90. The van der Waals surface area contributed by atoms with Gasteiger partial charge in [-0.05, 0) is 38.1 Å². The molecule has 0 aromatic carbocycles. The highest BCUT2D eigenvalue weighted by atomic mass is 16.3. The van der Waals surface area contributed by atoms with Crippen LogP contribution < -0.4 is 5.32 Å². The first-order chi connectivity index (χ1) is 13.6. The van der Waals surface area contributed by atoms with Crippen LogP contribution in [-0.2, 0) is 17.9 Å². The largest absolute Gasteiger partial charge is 0.464 e. The molecule has 142 valence electrons. The summed E-state index contributed by atoms with van der Waals surface area (Å²) in [5.74, 6) is 2.03. The molecule has 0 atom stereocenters. The van der Waals surface area contributed by atoms with Crippen LogP contribution in [0.2, 0.25) is 0 Å². The van der Waals surface area contributed by atoms with Gasteiger partial charge in [-0.25, -0.2) is 4.68 Å². The molecular formula is C20H20N6O2. The van der Waals surface area contributed by atoms with E-state index in [4.69, 9.17) is 4.42 Å². The summed E-state index contributed by atoms with van der Waals surface area (Å²) in [6, 6.07) is 11.4. The van der Waals surface area contributed by atoms with Gasteiger partial charge < -0.3 is 9.73 Å². The van der Waals surface area contributed by atoms with Crippen LogP contribution in [0, 0.1) is 13.8 Å². The number of nitrogens with one attached hydrogen (secondary N) is 1. The Hall–Kier alpha value is -3.68. The van der Waals surface area contributed by atoms with E-state index in [9.17, 15) is 4.79 Å². The highest BCUT2D eigenvalue weighted by Gasteiger charge is 2.11. The Bertz CT molecular complexity index is 1110. The summed E-state index contributed by atoms with van der Waals surface area (Å²) in [4.78, 5) is 16.9. The van der Waals surface area contributed by atoms with Crippen molar-refractivity contribution in [2.75, 3.05) is 5.32 Å². The summed E-state index contributed by atoms with van der Waals surface area (Å²) in [6.45, 7) is 4.37. The zero-order chi connectivity index (χ0) is 19.5. The van der Waals surface area contributed by atoms with Gasteiger partial charge in [0.2, 0.25) is 5.91 Å². The van der Waals surface area contributed by atoms with E-state index in [1.807, 2.05) is 50.4 Å². The summed E-state index contributed by atoms with van der Waals surface area (Å²) in [6.07, 6.45) is 5.16. The monoisotopic (exact) mass is 376 g/mol. The molecule has 4 aromatic heterocycles. The Morgan fingerprint density at radius 3 is 2.82 bits per heavy atom. The Balaban J connectivity index is 1.41. The van der Waals surface area contributed by atoms with Crippen molar-refractivity contribution in [3.8, 4) is 11.3 Å². The molecule has 0 saturated carbocycles. The number of hydrogen-bond donors (Lipinski definition) is 1. The van der Waals surface area contributed by atoms with Gasteiger partial charge in [0.05, 0.1) is 18.1 Å². The smallest absolute Gasteiger partial charge is 0.247 e. The number of pyridine rings is 1. The number of furan rings is 1. The van der Waals surface area contributed by atoms with Crippen LogP contribution in [0.15, 0.2) is 59.4 Å². The minimum Gasteiger partial charge on any atom is -0.464 e. The second-order valence-electron chi connectivity index (χ2n) is 6.53. The molecule has 1 N–H and O–H groups in total. The summed E-state index contributed by atoms with van der Waals surface area (Å²) >= 11 is 0. The highest BCUT2D eigenvalue weighted by Crippen LogP contribution is 2.16. The van der Waals surface area contributed by atoms with E-state index < -0.39 is 0 Å². The van der Waals surface area contributed by atoms with Crippen molar-refractivity contribution in [1.82, 2.24) is 24.5 Å². The molecule has 0 bridgehead atoms. The number of anilines is 1. The molecule has 0 spiro atoms. The van der Waals surface area contributed by atoms with E-state index in [2.05, 4.69) is 20.5 Å². The average molecular weight is 376 g/mol. The topological polar surface area (TPSA) is 90.8 Å². The summed E-state index contributed by atoms with van der Waals surface area (Å²) < 4.78 is 8.84. The standard InChI is InChI=1S/C20H20N6O2/c1-14-4-3-5-18(23-14)16-10-22-25(11-16)13-20(27)24-19-8-9-21-26(19)12-17-7-6-15(2)28-17/h3-11H,12-13H2,1-2H3,(H,24,27). The molecule has 0 fully saturated rings. The molecule has 4 heterocycles. The molecule has 8 nitrogen and oxygen atoms in total. The second kappa shape index (κ2) is 7.51. The average Bonchev–Trinajstić information content (AvgIpc) is 3.38. The third kappa shape index (κ3) is 4.01. The normalized spacial score (nSPS) is 10.9. The lowest BCUT2D eigenvalue weighted by Crippen LogP contribution is -2.21. The summed E-state index contributed by atoms with van der Waals surface area (Å²) in [5, 5.41) is 11.4. The zero-order valence-electron chi connectivity index (χ0n) is 15.7. The van der Waals surface area contributed by atoms with Crippen LogP contribution in [0.3, 0.4) is 0 Å². The Labute approximate surface area is 161 Å². The predicted molar refractivity (Wildman–Crippen MR) is 104 cm³/mol. The van der Waals surface area contributed by atoms with E-state index >= 15 is 0 Å². The van der Waals surface area contributed by atoms with Crippen LogP contribution in [0.25, 0.3) is 11.3 Å². The Morgan fingerprint density at radius 2 is 2.04 bits per heavy atom. The molecule has 1 amide bonds. The number of aryl methyl sites for hydroxylation is 2. The van der Waals surface area contributed by atoms with Crippen molar-refractivity contribution < 1.29 is 9.21 Å². The van der Waals surface area contributed by atoms with Gasteiger partial charge in [-0.15, -0.1) is 0 Å². The number of aromatic nitrogens is 5. The molecule has 28 heavy (non-hydrogen) atoms. The van der Waals surface area contributed by atoms with E-state index in [1.165, 1.54) is 0 Å². The maximum atomic E-state index is 12.4. The fourth-order valence-corrected chi connectivity index (χ4v) is 2.90. The van der Waals surface area contributed by atoms with Gasteiger partial charge in [-0.2, -0.15) is 10.2 Å². The van der Waals surface area contributed by atoms with E-state index in [0.29, 0.717) is 12.4 Å². The first kappa shape index (κ1) is 17.7. The minimum absolute atomic E-state index is 0.0941. The second-order valence-corrected chi connectivity index (χ2v) is 6.53. The number of amides is 1. The molecule has 0 aliphatic rings. The van der Waals surface area contributed by atoms with Gasteiger partial charge in [-0.3, -0.25) is 14.5 Å². The predicted octanol–water partition coefficient (Wildman–Crippen LogP) is 3.04. The summed E-state index contributed by atoms with van der Waals surface area (Å²) in [7, 11) is 0. The van der Waals surface area contributed by atoms with Crippen molar-refractivity contribution in [1.29, 1.82) is 0 Å². The fraction of sp³-hybridized carbons (Fsp3) is 0.200. The first-order valence-corrected chi connectivity index (χ1v) is 8.90. The van der Waals surface area contributed by atoms with Crippen LogP contribution in [-0.4, -0.2) is 30.5 Å². The fourth-order valence-electron chi connectivity index (χ4n) is 2.90. The van der Waals surface area contributed by atoms with Gasteiger partial charge in [0.1, 0.15) is 30.4 Å². The van der Waals surface area contributed by atoms with Crippen LogP contribution in [0.1, 0.15) is 17.2 Å². The van der Waals surface area contributed by atoms with Crippen LogP contribution in [0.5, 0.6) is 0 Å². The van der Waals surface area contributed by atoms with Crippen molar-refractivity contribution in [2.24, 2.45) is 0 Å². The molecular weight excluding hydrogens is 356 g/mol. The number of hydrogen-bond acceptors (Lipinski definition) is 5. The lowest BCUT2D eigenvalue weighted by Gasteiger charge is -2.08. The third-order valence-corrected chi connectivity index (χ3v) is 4.21. The van der Waals surface area contributed by atoms with E-state index in [-0.39, 0.29) is 12.5 Å². The molecule has 0 aliphatic heterocycles. The maximum absolute atomic E-state index is 12.4. The van der Waals surface area contributed by atoms with Crippen molar-refractivity contribution >= 4 is 11.7 Å². The van der Waals surface area contributed by atoms with Gasteiger partial charge >= 0.3 is 0 Å². The van der Waals surface area contributed by atoms with Gasteiger partial charge in [0.25, 0.3) is 0 Å². The van der Waals surface area contributed by atoms with Gasteiger partial charge in [0, 0.05) is 23.5 Å². The van der Waals surface area contributed by atoms with Gasteiger partial charge in [0.15, 0.2) is 0 Å². The van der Waals surface area contributed by atoms with Crippen LogP contribution in [0.4, 0.5) is 5.82 Å². The van der Waals surface area contributed by atoms with E-state index in [1.54, 1.807) is 27.8 Å². The molecule has 4 rings (SSSR count). The molecule has 4 aromatic rings. The quantitative estimate of drug-likeness (QED) is 0.558. The Morgan fingerprint density at radius 1 is 1.14 bits per heavy atom. The van der Waals surface area contributed by atoms with Gasteiger partial charge in [-0.1, -0.05) is 6.07 Å². The molecule has 0 unspecified atom stereocenters. The van der Waals surface area contributed by atoms with Crippen molar-refractivity contribution in [3.63, 3.8) is 0 Å². The van der Waals surface area contributed by atoms with Crippen molar-refractivity contribution in [3.05, 3.63) is 72.2 Å². The molecule has 0 aliphatic carbocycles. The van der Waals surface area contributed by atoms with E-state index in [0.717, 1.165) is 28.5 Å². The van der Waals surface area contributed by atoms with Crippen molar-refractivity contribution in [2.45, 2.75) is 26.9 Å². The number of nitrogens with zero attached hydrogens (tertiary/aromatic N) is 5. The lowest BCUT2D eigenvalue weighted by molar-refractivity contribution is -0.116. The summed E-state index contributed by atoms with van der Waals surface area (Å²) in [5.41, 5.74) is 2.64. The maximum Gasteiger partial charge on any atom is 0.247 e. The highest BCUT2D eigenvalue weighted by molar-refractivity contribution is 5.89.